The quantitative estimate of drug-likeness (QED) is 0.171. The molecule has 0 bridgehead atoms. The number of carbonyl (C=O) groups excluding carboxylic acids is 1. The van der Waals surface area contributed by atoms with E-state index in [-0.39, 0.29) is 11.6 Å². The Balaban J connectivity index is 1.60. The molecule has 0 aromatic heterocycles. The van der Waals surface area contributed by atoms with E-state index in [9.17, 15) is 4.79 Å². The van der Waals surface area contributed by atoms with Gasteiger partial charge in [-0.1, -0.05) is 35.9 Å². The van der Waals surface area contributed by atoms with Crippen LogP contribution in [0.25, 0.3) is 6.08 Å². The summed E-state index contributed by atoms with van der Waals surface area (Å²) < 4.78 is 18.9. The van der Waals surface area contributed by atoms with Crippen LogP contribution in [0.5, 0.6) is 11.5 Å². The number of ether oxygens (including phenoxy) is 3. The minimum absolute atomic E-state index is 0.185. The molecule has 1 heterocycles. The van der Waals surface area contributed by atoms with E-state index >= 15 is 0 Å². The number of halogens is 3. The zero-order valence-electron chi connectivity index (χ0n) is 16.8. The zero-order chi connectivity index (χ0) is 22.7. The van der Waals surface area contributed by atoms with Gasteiger partial charge in [0.15, 0.2) is 17.2 Å². The van der Waals surface area contributed by atoms with Crippen LogP contribution in [0, 0.1) is 7.14 Å². The summed E-state index contributed by atoms with van der Waals surface area (Å²) in [5, 5.41) is 0.464. The average molecular weight is 672 g/mol. The molecule has 0 unspecified atom stereocenters. The summed E-state index contributed by atoms with van der Waals surface area (Å²) in [7, 11) is 1.58. The van der Waals surface area contributed by atoms with Crippen molar-refractivity contribution in [3.63, 3.8) is 0 Å². The molecule has 4 rings (SSSR count). The molecule has 0 fully saturated rings. The lowest BCUT2D eigenvalue weighted by atomic mass is 10.1. The van der Waals surface area contributed by atoms with Crippen molar-refractivity contribution in [1.82, 2.24) is 0 Å². The van der Waals surface area contributed by atoms with Gasteiger partial charge in [-0.2, -0.15) is 0 Å². The Bertz CT molecular complexity index is 1260. The SMILES string of the molecule is COc1cc(/C=C2\N=C(c3ccccc3Cl)OC2=O)cc(I)c1OCc1cccc(I)c1. The van der Waals surface area contributed by atoms with Gasteiger partial charge in [0.2, 0.25) is 5.90 Å². The van der Waals surface area contributed by atoms with Gasteiger partial charge in [-0.3, -0.25) is 0 Å². The average Bonchev–Trinajstić information content (AvgIpc) is 3.13. The molecule has 0 saturated carbocycles. The Kier molecular flexibility index (Phi) is 7.37. The van der Waals surface area contributed by atoms with Crippen LogP contribution in [0.2, 0.25) is 5.02 Å². The largest absolute Gasteiger partial charge is 0.493 e. The van der Waals surface area contributed by atoms with Gasteiger partial charge in [0.05, 0.1) is 21.3 Å². The van der Waals surface area contributed by atoms with Crippen LogP contribution < -0.4 is 9.47 Å². The number of hydrogen-bond acceptors (Lipinski definition) is 5. The second kappa shape index (κ2) is 10.2. The van der Waals surface area contributed by atoms with E-state index in [4.69, 9.17) is 25.8 Å². The molecule has 0 radical (unpaired) electrons. The van der Waals surface area contributed by atoms with E-state index in [0.29, 0.717) is 28.7 Å². The van der Waals surface area contributed by atoms with Gasteiger partial charge in [0.1, 0.15) is 6.61 Å². The fourth-order valence-electron chi connectivity index (χ4n) is 3.06. The fraction of sp³-hybridized carbons (Fsp3) is 0.0833. The zero-order valence-corrected chi connectivity index (χ0v) is 21.8. The lowest BCUT2D eigenvalue weighted by molar-refractivity contribution is -0.129. The summed E-state index contributed by atoms with van der Waals surface area (Å²) in [4.78, 5) is 16.7. The van der Waals surface area contributed by atoms with Crippen molar-refractivity contribution in [2.24, 2.45) is 4.99 Å². The molecule has 0 atom stereocenters. The Labute approximate surface area is 217 Å². The van der Waals surface area contributed by atoms with E-state index in [1.807, 2.05) is 30.3 Å². The van der Waals surface area contributed by atoms with Gasteiger partial charge >= 0.3 is 5.97 Å². The van der Waals surface area contributed by atoms with E-state index in [0.717, 1.165) is 18.3 Å². The number of hydrogen-bond donors (Lipinski definition) is 0. The Morgan fingerprint density at radius 3 is 2.66 bits per heavy atom. The highest BCUT2D eigenvalue weighted by Gasteiger charge is 2.25. The molecule has 0 N–H and O–H groups in total. The molecule has 0 aliphatic carbocycles. The third-order valence-electron chi connectivity index (χ3n) is 4.55. The molecule has 3 aromatic rings. The third-order valence-corrected chi connectivity index (χ3v) is 6.35. The van der Waals surface area contributed by atoms with Crippen LogP contribution in [0.15, 0.2) is 71.4 Å². The summed E-state index contributed by atoms with van der Waals surface area (Å²) in [6.45, 7) is 0.418. The normalized spacial score (nSPS) is 14.3. The maximum atomic E-state index is 12.4. The predicted octanol–water partition coefficient (Wildman–Crippen LogP) is 6.48. The van der Waals surface area contributed by atoms with Crippen LogP contribution in [0.1, 0.15) is 16.7 Å². The van der Waals surface area contributed by atoms with Gasteiger partial charge in [-0.25, -0.2) is 9.79 Å². The van der Waals surface area contributed by atoms with Gasteiger partial charge in [-0.05, 0) is 98.8 Å². The molecule has 32 heavy (non-hydrogen) atoms. The first kappa shape index (κ1) is 23.1. The minimum atomic E-state index is -0.534. The van der Waals surface area contributed by atoms with Crippen molar-refractivity contribution in [3.05, 3.63) is 95.2 Å². The first-order valence-electron chi connectivity index (χ1n) is 9.47. The van der Waals surface area contributed by atoms with Crippen molar-refractivity contribution in [2.75, 3.05) is 7.11 Å². The standard InChI is InChI=1S/C24H16ClI2NO4/c1-30-21-12-15(10-19(27)22(21)31-13-14-5-4-6-16(26)9-14)11-20-24(29)32-23(28-20)17-7-2-3-8-18(17)25/h2-12H,13H2,1H3/b20-11-. The summed E-state index contributed by atoms with van der Waals surface area (Å²) in [5.74, 6) is 0.860. The maximum Gasteiger partial charge on any atom is 0.363 e. The number of esters is 1. The number of nitrogens with zero attached hydrogens (tertiary/aromatic N) is 1. The number of benzene rings is 3. The lowest BCUT2D eigenvalue weighted by Crippen LogP contribution is -2.05. The molecule has 1 aliphatic rings. The van der Waals surface area contributed by atoms with Crippen LogP contribution >= 0.6 is 56.8 Å². The molecular formula is C24H16ClI2NO4. The Morgan fingerprint density at radius 1 is 1.09 bits per heavy atom. The summed E-state index contributed by atoms with van der Waals surface area (Å²) in [6.07, 6.45) is 1.65. The third kappa shape index (κ3) is 5.26. The number of carbonyl (C=O) groups is 1. The second-order valence-electron chi connectivity index (χ2n) is 6.77. The number of cyclic esters (lactones) is 1. The van der Waals surface area contributed by atoms with E-state index < -0.39 is 5.97 Å². The molecule has 0 saturated heterocycles. The van der Waals surface area contributed by atoms with Gasteiger partial charge in [-0.15, -0.1) is 0 Å². The first-order valence-corrected chi connectivity index (χ1v) is 12.0. The predicted molar refractivity (Wildman–Crippen MR) is 141 cm³/mol. The van der Waals surface area contributed by atoms with Crippen molar-refractivity contribution >= 4 is 74.7 Å². The highest BCUT2D eigenvalue weighted by atomic mass is 127. The number of rotatable bonds is 6. The molecule has 5 nitrogen and oxygen atoms in total. The van der Waals surface area contributed by atoms with Crippen LogP contribution in [0.4, 0.5) is 0 Å². The van der Waals surface area contributed by atoms with Gasteiger partial charge < -0.3 is 14.2 Å². The molecule has 1 aliphatic heterocycles. The van der Waals surface area contributed by atoms with Crippen molar-refractivity contribution < 1.29 is 19.0 Å². The van der Waals surface area contributed by atoms with Crippen LogP contribution in [0.3, 0.4) is 0 Å². The smallest absolute Gasteiger partial charge is 0.363 e. The van der Waals surface area contributed by atoms with E-state index in [1.54, 1.807) is 37.5 Å². The summed E-state index contributed by atoms with van der Waals surface area (Å²) in [5.41, 5.74) is 2.56. The maximum absolute atomic E-state index is 12.4. The summed E-state index contributed by atoms with van der Waals surface area (Å²) in [6, 6.07) is 18.9. The van der Waals surface area contributed by atoms with Crippen molar-refractivity contribution in [1.29, 1.82) is 0 Å². The lowest BCUT2D eigenvalue weighted by Gasteiger charge is -2.14. The Hall–Kier alpha value is -2.11. The first-order chi connectivity index (χ1) is 15.4. The monoisotopic (exact) mass is 671 g/mol. The van der Waals surface area contributed by atoms with Crippen molar-refractivity contribution in [3.8, 4) is 11.5 Å². The second-order valence-corrected chi connectivity index (χ2v) is 9.58. The van der Waals surface area contributed by atoms with E-state index in [2.05, 4.69) is 56.2 Å². The van der Waals surface area contributed by atoms with E-state index in [1.165, 1.54) is 0 Å². The topological polar surface area (TPSA) is 57.1 Å². The molecule has 3 aromatic carbocycles. The fourth-order valence-corrected chi connectivity index (χ4v) is 4.67. The van der Waals surface area contributed by atoms with Gasteiger partial charge in [0.25, 0.3) is 0 Å². The highest BCUT2D eigenvalue weighted by Crippen LogP contribution is 2.36. The minimum Gasteiger partial charge on any atom is -0.493 e. The number of methoxy groups -OCH3 is 1. The molecular weight excluding hydrogens is 656 g/mol. The summed E-state index contributed by atoms with van der Waals surface area (Å²) >= 11 is 10.7. The van der Waals surface area contributed by atoms with Crippen LogP contribution in [-0.4, -0.2) is 19.0 Å². The van der Waals surface area contributed by atoms with Crippen molar-refractivity contribution in [2.45, 2.75) is 6.61 Å². The van der Waals surface area contributed by atoms with Crippen LogP contribution in [-0.2, 0) is 16.1 Å². The van der Waals surface area contributed by atoms with Gasteiger partial charge in [0, 0.05) is 3.57 Å². The number of aliphatic imine (C=N–C) groups is 1. The molecule has 0 amide bonds. The molecule has 8 heteroatoms. The Morgan fingerprint density at radius 2 is 1.91 bits per heavy atom. The molecule has 162 valence electrons. The molecule has 0 spiro atoms. The highest BCUT2D eigenvalue weighted by molar-refractivity contribution is 14.1.